The summed E-state index contributed by atoms with van der Waals surface area (Å²) in [5.41, 5.74) is -2.12. The van der Waals surface area contributed by atoms with Crippen LogP contribution in [0.15, 0.2) is 48.5 Å². The summed E-state index contributed by atoms with van der Waals surface area (Å²) in [5.74, 6) is 0. The quantitative estimate of drug-likeness (QED) is 0.591. The van der Waals surface area contributed by atoms with Crippen molar-refractivity contribution >= 4 is 0 Å². The van der Waals surface area contributed by atoms with Crippen molar-refractivity contribution in [1.29, 1.82) is 0 Å². The second-order valence-electron chi connectivity index (χ2n) is 7.64. The molecule has 0 spiro atoms. The van der Waals surface area contributed by atoms with Gasteiger partial charge in [-0.15, -0.1) is 0 Å². The molecule has 2 aromatic rings. The van der Waals surface area contributed by atoms with Gasteiger partial charge in [-0.25, -0.2) is 0 Å². The van der Waals surface area contributed by atoms with E-state index in [0.29, 0.717) is 0 Å². The number of ether oxygens (including phenoxy) is 1. The summed E-state index contributed by atoms with van der Waals surface area (Å²) in [5, 5.41) is 3.28. The van der Waals surface area contributed by atoms with Crippen LogP contribution in [0.25, 0.3) is 0 Å². The molecular weight excluding hydrogens is 408 g/mol. The molecule has 0 radical (unpaired) electrons. The molecule has 2 aromatic carbocycles. The van der Waals surface area contributed by atoms with Crippen LogP contribution in [0.5, 0.6) is 0 Å². The van der Waals surface area contributed by atoms with Gasteiger partial charge in [-0.05, 0) is 62.2 Å². The number of benzene rings is 2. The normalized spacial score (nSPS) is 18.2. The first-order valence-corrected chi connectivity index (χ1v) is 9.68. The SMILES string of the molecule is CC(OCc1cc(C(F)(F)F)cc(C(F)(F)F)c1)C1(c2ccccc2)CCNCC1. The molecule has 0 aromatic heterocycles. The molecule has 2 nitrogen and oxygen atoms in total. The lowest BCUT2D eigenvalue weighted by molar-refractivity contribution is -0.143. The molecule has 1 aliphatic rings. The summed E-state index contributed by atoms with van der Waals surface area (Å²) in [6.07, 6.45) is -8.63. The number of nitrogens with one attached hydrogen (secondary N) is 1. The Morgan fingerprint density at radius 1 is 0.900 bits per heavy atom. The van der Waals surface area contributed by atoms with E-state index >= 15 is 0 Å². The van der Waals surface area contributed by atoms with Crippen LogP contribution in [-0.4, -0.2) is 19.2 Å². The molecule has 30 heavy (non-hydrogen) atoms. The van der Waals surface area contributed by atoms with Crippen LogP contribution in [0.2, 0.25) is 0 Å². The Morgan fingerprint density at radius 3 is 1.93 bits per heavy atom. The third kappa shape index (κ3) is 4.98. The number of hydrogen-bond acceptors (Lipinski definition) is 2. The van der Waals surface area contributed by atoms with E-state index in [-0.39, 0.29) is 23.7 Å². The minimum Gasteiger partial charge on any atom is -0.373 e. The van der Waals surface area contributed by atoms with E-state index in [1.54, 1.807) is 0 Å². The molecule has 1 saturated heterocycles. The van der Waals surface area contributed by atoms with E-state index in [4.69, 9.17) is 4.74 Å². The Kier molecular flexibility index (Phi) is 6.48. The smallest absolute Gasteiger partial charge is 0.373 e. The molecule has 1 heterocycles. The zero-order valence-electron chi connectivity index (χ0n) is 16.4. The van der Waals surface area contributed by atoms with Gasteiger partial charge in [0.05, 0.1) is 23.8 Å². The number of halogens is 6. The average molecular weight is 431 g/mol. The lowest BCUT2D eigenvalue weighted by Gasteiger charge is -2.42. The zero-order valence-corrected chi connectivity index (χ0v) is 16.4. The minimum atomic E-state index is -4.87. The van der Waals surface area contributed by atoms with Crippen LogP contribution in [0, 0.1) is 0 Å². The molecule has 0 saturated carbocycles. The average Bonchev–Trinajstić information content (AvgIpc) is 2.71. The van der Waals surface area contributed by atoms with Crippen LogP contribution in [0.4, 0.5) is 26.3 Å². The first-order chi connectivity index (χ1) is 14.0. The van der Waals surface area contributed by atoms with Crippen LogP contribution in [0.3, 0.4) is 0 Å². The summed E-state index contributed by atoms with van der Waals surface area (Å²) >= 11 is 0. The van der Waals surface area contributed by atoms with E-state index in [2.05, 4.69) is 5.32 Å². The van der Waals surface area contributed by atoms with E-state index < -0.39 is 29.6 Å². The third-order valence-electron chi connectivity index (χ3n) is 5.77. The molecule has 0 aliphatic carbocycles. The summed E-state index contributed by atoms with van der Waals surface area (Å²) in [4.78, 5) is 0. The number of piperidine rings is 1. The molecule has 8 heteroatoms. The van der Waals surface area contributed by atoms with Crippen molar-refractivity contribution in [3.63, 3.8) is 0 Å². The molecule has 164 valence electrons. The largest absolute Gasteiger partial charge is 0.416 e. The first-order valence-electron chi connectivity index (χ1n) is 9.68. The standard InChI is InChI=1S/C22H23F6NO/c1-15(20(7-9-29-10-8-20)17-5-3-2-4-6-17)30-14-16-11-18(21(23,24)25)13-19(12-16)22(26,27)28/h2-6,11-13,15,29H,7-10,14H2,1H3. The summed E-state index contributed by atoms with van der Waals surface area (Å²) < 4.78 is 84.5. The molecule has 1 aliphatic heterocycles. The fourth-order valence-corrected chi connectivity index (χ4v) is 4.06. The number of alkyl halides is 6. The summed E-state index contributed by atoms with van der Waals surface area (Å²) in [7, 11) is 0. The predicted molar refractivity (Wildman–Crippen MR) is 101 cm³/mol. The molecule has 0 amide bonds. The van der Waals surface area contributed by atoms with Gasteiger partial charge in [-0.1, -0.05) is 30.3 Å². The fourth-order valence-electron chi connectivity index (χ4n) is 4.06. The minimum absolute atomic E-state index is 0.130. The van der Waals surface area contributed by atoms with Crippen molar-refractivity contribution in [1.82, 2.24) is 5.32 Å². The van der Waals surface area contributed by atoms with Gasteiger partial charge < -0.3 is 10.1 Å². The number of hydrogen-bond donors (Lipinski definition) is 1. The first kappa shape index (κ1) is 22.6. The van der Waals surface area contributed by atoms with E-state index in [9.17, 15) is 26.3 Å². The van der Waals surface area contributed by atoms with Crippen molar-refractivity contribution in [2.75, 3.05) is 13.1 Å². The van der Waals surface area contributed by atoms with Crippen molar-refractivity contribution < 1.29 is 31.1 Å². The highest BCUT2D eigenvalue weighted by atomic mass is 19.4. The zero-order chi connectivity index (χ0) is 22.0. The van der Waals surface area contributed by atoms with E-state index in [1.165, 1.54) is 0 Å². The van der Waals surface area contributed by atoms with Gasteiger partial charge in [0.1, 0.15) is 0 Å². The van der Waals surface area contributed by atoms with Crippen LogP contribution in [0.1, 0.15) is 42.0 Å². The fraction of sp³-hybridized carbons (Fsp3) is 0.455. The Hall–Kier alpha value is -2.06. The topological polar surface area (TPSA) is 21.3 Å². The molecule has 1 atom stereocenters. The number of rotatable bonds is 5. The summed E-state index contributed by atoms with van der Waals surface area (Å²) in [6, 6.07) is 11.3. The monoisotopic (exact) mass is 431 g/mol. The maximum absolute atomic E-state index is 13.1. The second-order valence-corrected chi connectivity index (χ2v) is 7.64. The van der Waals surface area contributed by atoms with Gasteiger partial charge in [0.2, 0.25) is 0 Å². The maximum atomic E-state index is 13.1. The molecular formula is C22H23F6NO. The molecule has 0 bridgehead atoms. The van der Waals surface area contributed by atoms with Crippen molar-refractivity contribution in [3.8, 4) is 0 Å². The van der Waals surface area contributed by atoms with Gasteiger partial charge in [-0.2, -0.15) is 26.3 Å². The lowest BCUT2D eigenvalue weighted by Crippen LogP contribution is -2.47. The van der Waals surface area contributed by atoms with Gasteiger partial charge in [0, 0.05) is 5.41 Å². The van der Waals surface area contributed by atoms with Gasteiger partial charge in [0.15, 0.2) is 0 Å². The second kappa shape index (κ2) is 8.59. The maximum Gasteiger partial charge on any atom is 0.416 e. The Balaban J connectivity index is 1.86. The predicted octanol–water partition coefficient (Wildman–Crippen LogP) is 5.95. The third-order valence-corrected chi connectivity index (χ3v) is 5.77. The van der Waals surface area contributed by atoms with E-state index in [0.717, 1.165) is 43.6 Å². The van der Waals surface area contributed by atoms with Gasteiger partial charge in [-0.3, -0.25) is 0 Å². The summed E-state index contributed by atoms with van der Waals surface area (Å²) in [6.45, 7) is 3.00. The van der Waals surface area contributed by atoms with Crippen molar-refractivity contribution in [2.24, 2.45) is 0 Å². The lowest BCUT2D eigenvalue weighted by atomic mass is 9.69. The molecule has 1 fully saturated rings. The molecule has 1 unspecified atom stereocenters. The van der Waals surface area contributed by atoms with Crippen molar-refractivity contribution in [3.05, 3.63) is 70.8 Å². The highest BCUT2D eigenvalue weighted by molar-refractivity contribution is 5.33. The Morgan fingerprint density at radius 2 is 1.43 bits per heavy atom. The Bertz CT molecular complexity index is 809. The van der Waals surface area contributed by atoms with Gasteiger partial charge in [0.25, 0.3) is 0 Å². The Labute approximate surface area is 171 Å². The van der Waals surface area contributed by atoms with Crippen LogP contribution < -0.4 is 5.32 Å². The van der Waals surface area contributed by atoms with Crippen LogP contribution in [-0.2, 0) is 29.1 Å². The molecule has 3 rings (SSSR count). The van der Waals surface area contributed by atoms with E-state index in [1.807, 2.05) is 37.3 Å². The highest BCUT2D eigenvalue weighted by Crippen LogP contribution is 2.40. The van der Waals surface area contributed by atoms with Crippen LogP contribution >= 0.6 is 0 Å². The highest BCUT2D eigenvalue weighted by Gasteiger charge is 2.40. The van der Waals surface area contributed by atoms with Crippen molar-refractivity contribution in [2.45, 2.75) is 50.2 Å². The molecule has 1 N–H and O–H groups in total. The van der Waals surface area contributed by atoms with Gasteiger partial charge >= 0.3 is 12.4 Å².